The Hall–Kier alpha value is -5.36. The van der Waals surface area contributed by atoms with Crippen molar-refractivity contribution in [2.45, 2.75) is 37.8 Å². The van der Waals surface area contributed by atoms with E-state index in [-0.39, 0.29) is 54.7 Å². The zero-order valence-corrected chi connectivity index (χ0v) is 24.3. The number of ether oxygens (including phenoxy) is 1. The van der Waals surface area contributed by atoms with Gasteiger partial charge in [-0.3, -0.25) is 39.2 Å². The van der Waals surface area contributed by atoms with E-state index in [1.165, 1.54) is 6.07 Å². The van der Waals surface area contributed by atoms with E-state index < -0.39 is 29.7 Å². The summed E-state index contributed by atoms with van der Waals surface area (Å²) < 4.78 is 11.9. The van der Waals surface area contributed by atoms with Crippen LogP contribution in [0.25, 0.3) is 11.0 Å². The van der Waals surface area contributed by atoms with Crippen LogP contribution in [0.1, 0.15) is 63.8 Å². The summed E-state index contributed by atoms with van der Waals surface area (Å²) >= 11 is 0. The Kier molecular flexibility index (Phi) is 8.65. The van der Waals surface area contributed by atoms with E-state index >= 15 is 0 Å². The van der Waals surface area contributed by atoms with Crippen molar-refractivity contribution in [3.05, 3.63) is 95.5 Å². The van der Waals surface area contributed by atoms with Crippen LogP contribution in [0, 0.1) is 0 Å². The van der Waals surface area contributed by atoms with Gasteiger partial charge in [0.1, 0.15) is 23.1 Å². The van der Waals surface area contributed by atoms with E-state index in [0.29, 0.717) is 19.5 Å². The molecule has 2 aliphatic rings. The molecule has 45 heavy (non-hydrogen) atoms. The highest BCUT2D eigenvalue weighted by Crippen LogP contribution is 2.34. The quantitative estimate of drug-likeness (QED) is 0.162. The number of aromatic nitrogens is 1. The van der Waals surface area contributed by atoms with Crippen LogP contribution in [0.4, 0.5) is 0 Å². The van der Waals surface area contributed by atoms with Gasteiger partial charge in [0.25, 0.3) is 11.8 Å². The SMILES string of the molecule is O=C(CCOc1cccc2c1C(=O)N(C1CCC(=O)NC1=O)C2=O)NCCCNC(c1cccnc1)c1cc2ccccc2o1. The topological polar surface area (TPSA) is 160 Å². The van der Waals surface area contributed by atoms with Crippen molar-refractivity contribution in [1.82, 2.24) is 25.8 Å². The van der Waals surface area contributed by atoms with Crippen molar-refractivity contribution in [2.24, 2.45) is 0 Å². The minimum absolute atomic E-state index is 0.0183. The summed E-state index contributed by atoms with van der Waals surface area (Å²) in [4.78, 5) is 67.7. The first kappa shape index (κ1) is 29.7. The lowest BCUT2D eigenvalue weighted by molar-refractivity contribution is -0.136. The lowest BCUT2D eigenvalue weighted by Crippen LogP contribution is -2.54. The first-order chi connectivity index (χ1) is 21.9. The molecule has 4 aromatic rings. The number of nitrogens with one attached hydrogen (secondary N) is 3. The Labute approximate surface area is 258 Å². The van der Waals surface area contributed by atoms with E-state index in [9.17, 15) is 24.0 Å². The Bertz CT molecular complexity index is 1740. The van der Waals surface area contributed by atoms with Crippen LogP contribution in [0.2, 0.25) is 0 Å². The number of hydrogen-bond donors (Lipinski definition) is 3. The molecule has 2 unspecified atom stereocenters. The highest BCUT2D eigenvalue weighted by molar-refractivity contribution is 6.24. The van der Waals surface area contributed by atoms with E-state index in [4.69, 9.17) is 9.15 Å². The maximum absolute atomic E-state index is 13.2. The maximum atomic E-state index is 13.2. The van der Waals surface area contributed by atoms with Gasteiger partial charge in [-0.2, -0.15) is 0 Å². The van der Waals surface area contributed by atoms with Gasteiger partial charge in [0.2, 0.25) is 17.7 Å². The summed E-state index contributed by atoms with van der Waals surface area (Å²) in [6, 6.07) is 17.0. The molecule has 0 bridgehead atoms. The van der Waals surface area contributed by atoms with Crippen LogP contribution in [-0.4, -0.2) is 65.2 Å². The van der Waals surface area contributed by atoms with Crippen molar-refractivity contribution < 1.29 is 33.1 Å². The highest BCUT2D eigenvalue weighted by Gasteiger charge is 2.46. The number of nitrogens with zero attached hydrogens (tertiary/aromatic N) is 2. The standard InChI is InChI=1S/C33H31N5O7/c39-27(35-15-5-16-36-30(21-7-4-14-34-19-21)26-18-20-6-1-2-9-24(20)45-26)13-17-44-25-10-3-8-22-29(25)33(43)38(32(22)42)23-11-12-28(40)37-31(23)41/h1-4,6-10,14,18-19,23,30,36H,5,11-13,15-17H2,(H,35,39)(H,37,40,41). The number of amides is 5. The van der Waals surface area contributed by atoms with Gasteiger partial charge in [-0.1, -0.05) is 30.3 Å². The van der Waals surface area contributed by atoms with E-state index in [1.807, 2.05) is 42.5 Å². The van der Waals surface area contributed by atoms with Gasteiger partial charge in [-0.05, 0) is 55.3 Å². The third-order valence-electron chi connectivity index (χ3n) is 7.79. The average molecular weight is 610 g/mol. The predicted octanol–water partition coefficient (Wildman–Crippen LogP) is 2.88. The number of imide groups is 2. The largest absolute Gasteiger partial charge is 0.492 e. The van der Waals surface area contributed by atoms with E-state index in [1.54, 1.807) is 24.5 Å². The number of piperidine rings is 1. The Morgan fingerprint density at radius 1 is 1.04 bits per heavy atom. The number of benzene rings is 2. The Balaban J connectivity index is 0.982. The lowest BCUT2D eigenvalue weighted by Gasteiger charge is -2.27. The molecule has 2 aliphatic heterocycles. The van der Waals surface area contributed by atoms with Gasteiger partial charge in [0, 0.05) is 30.7 Å². The zero-order valence-electron chi connectivity index (χ0n) is 24.3. The summed E-state index contributed by atoms with van der Waals surface area (Å²) in [5, 5.41) is 9.56. The molecule has 12 nitrogen and oxygen atoms in total. The summed E-state index contributed by atoms with van der Waals surface area (Å²) in [6.07, 6.45) is 4.30. The maximum Gasteiger partial charge on any atom is 0.266 e. The fourth-order valence-corrected chi connectivity index (χ4v) is 5.58. The van der Waals surface area contributed by atoms with Gasteiger partial charge in [-0.25, -0.2) is 0 Å². The van der Waals surface area contributed by atoms with Crippen LogP contribution in [0.15, 0.2) is 77.5 Å². The molecule has 12 heteroatoms. The third-order valence-corrected chi connectivity index (χ3v) is 7.79. The van der Waals surface area contributed by atoms with Crippen LogP contribution >= 0.6 is 0 Å². The monoisotopic (exact) mass is 609 g/mol. The fraction of sp³-hybridized carbons (Fsp3) is 0.273. The Morgan fingerprint density at radius 2 is 1.91 bits per heavy atom. The molecule has 0 radical (unpaired) electrons. The molecule has 230 valence electrons. The smallest absolute Gasteiger partial charge is 0.266 e. The summed E-state index contributed by atoms with van der Waals surface area (Å²) in [6.45, 7) is 1.01. The van der Waals surface area contributed by atoms with Crippen molar-refractivity contribution in [3.8, 4) is 5.75 Å². The van der Waals surface area contributed by atoms with Gasteiger partial charge in [-0.15, -0.1) is 0 Å². The minimum atomic E-state index is -1.07. The minimum Gasteiger partial charge on any atom is -0.492 e. The normalized spacial score (nSPS) is 16.9. The van der Waals surface area contributed by atoms with Gasteiger partial charge >= 0.3 is 0 Å². The van der Waals surface area contributed by atoms with E-state index in [0.717, 1.165) is 27.2 Å². The number of carbonyl (C=O) groups is 5. The highest BCUT2D eigenvalue weighted by atomic mass is 16.5. The van der Waals surface area contributed by atoms with Crippen molar-refractivity contribution in [1.29, 1.82) is 0 Å². The van der Waals surface area contributed by atoms with Crippen LogP contribution in [-0.2, 0) is 14.4 Å². The van der Waals surface area contributed by atoms with Gasteiger partial charge in [0.05, 0.1) is 30.2 Å². The third kappa shape index (κ3) is 6.31. The molecule has 6 rings (SSSR count). The van der Waals surface area contributed by atoms with Gasteiger partial charge < -0.3 is 19.8 Å². The van der Waals surface area contributed by atoms with Crippen molar-refractivity contribution >= 4 is 40.5 Å². The zero-order chi connectivity index (χ0) is 31.3. The summed E-state index contributed by atoms with van der Waals surface area (Å²) in [5.41, 5.74) is 1.93. The Morgan fingerprint density at radius 3 is 2.71 bits per heavy atom. The van der Waals surface area contributed by atoms with Crippen LogP contribution in [0.3, 0.4) is 0 Å². The number of furan rings is 1. The molecular formula is C33H31N5O7. The molecule has 5 amide bonds. The first-order valence-electron chi connectivity index (χ1n) is 14.8. The molecule has 3 N–H and O–H groups in total. The molecule has 0 spiro atoms. The number of carbonyl (C=O) groups excluding carboxylic acids is 5. The average Bonchev–Trinajstić information content (AvgIpc) is 3.58. The molecule has 1 fully saturated rings. The van der Waals surface area contributed by atoms with Crippen LogP contribution < -0.4 is 20.7 Å². The second kappa shape index (κ2) is 13.1. The molecule has 0 saturated carbocycles. The molecule has 2 atom stereocenters. The van der Waals surface area contributed by atoms with Gasteiger partial charge in [0.15, 0.2) is 0 Å². The second-order valence-electron chi connectivity index (χ2n) is 10.8. The number of para-hydroxylation sites is 1. The first-order valence-corrected chi connectivity index (χ1v) is 14.8. The van der Waals surface area contributed by atoms with E-state index in [2.05, 4.69) is 20.9 Å². The molecule has 0 aliphatic carbocycles. The number of rotatable bonds is 12. The van der Waals surface area contributed by atoms with Crippen molar-refractivity contribution in [2.75, 3.05) is 19.7 Å². The molecule has 1 saturated heterocycles. The summed E-state index contributed by atoms with van der Waals surface area (Å²) in [5.74, 6) is -1.70. The molecule has 2 aromatic heterocycles. The van der Waals surface area contributed by atoms with Crippen molar-refractivity contribution in [3.63, 3.8) is 0 Å². The second-order valence-corrected chi connectivity index (χ2v) is 10.8. The fourth-order valence-electron chi connectivity index (χ4n) is 5.58. The number of fused-ring (bicyclic) bond motifs is 2. The molecule has 4 heterocycles. The molecular weight excluding hydrogens is 578 g/mol. The number of pyridine rings is 1. The lowest BCUT2D eigenvalue weighted by atomic mass is 10.0. The predicted molar refractivity (Wildman–Crippen MR) is 161 cm³/mol. The van der Waals surface area contributed by atoms with Crippen LogP contribution in [0.5, 0.6) is 5.75 Å². The molecule has 2 aromatic carbocycles. The number of hydrogen-bond acceptors (Lipinski definition) is 9. The summed E-state index contributed by atoms with van der Waals surface area (Å²) in [7, 11) is 0.